The standard InChI is InChI=1S/C11H14O2.Na/c1-8(2)10(11(12)13)9-6-4-3-5-7-9;/h3-8,10H,1-2H3,(H,12,13);/q;+1. The van der Waals surface area contributed by atoms with Crippen molar-refractivity contribution < 1.29 is 39.5 Å². The molecule has 0 aliphatic carbocycles. The maximum atomic E-state index is 10.9. The van der Waals surface area contributed by atoms with Crippen molar-refractivity contribution in [3.63, 3.8) is 0 Å². The molecule has 0 aliphatic rings. The van der Waals surface area contributed by atoms with E-state index in [1.54, 1.807) is 0 Å². The second-order valence-corrected chi connectivity index (χ2v) is 3.47. The Labute approximate surface area is 107 Å². The summed E-state index contributed by atoms with van der Waals surface area (Å²) in [5, 5.41) is 9.00. The van der Waals surface area contributed by atoms with Gasteiger partial charge in [-0.15, -0.1) is 0 Å². The van der Waals surface area contributed by atoms with E-state index in [2.05, 4.69) is 0 Å². The first-order valence-electron chi connectivity index (χ1n) is 4.40. The first-order chi connectivity index (χ1) is 6.13. The minimum Gasteiger partial charge on any atom is -0.481 e. The van der Waals surface area contributed by atoms with Crippen LogP contribution in [-0.4, -0.2) is 11.1 Å². The van der Waals surface area contributed by atoms with Crippen molar-refractivity contribution in [1.29, 1.82) is 0 Å². The Hall–Kier alpha value is -0.310. The summed E-state index contributed by atoms with van der Waals surface area (Å²) in [5.74, 6) is -1.01. The van der Waals surface area contributed by atoms with E-state index in [0.717, 1.165) is 5.56 Å². The van der Waals surface area contributed by atoms with E-state index in [1.165, 1.54) is 0 Å². The van der Waals surface area contributed by atoms with Crippen LogP contribution >= 0.6 is 0 Å². The van der Waals surface area contributed by atoms with Gasteiger partial charge in [0.2, 0.25) is 0 Å². The molecule has 0 bridgehead atoms. The van der Waals surface area contributed by atoms with Gasteiger partial charge in [0.25, 0.3) is 0 Å². The van der Waals surface area contributed by atoms with Gasteiger partial charge in [-0.25, -0.2) is 0 Å². The van der Waals surface area contributed by atoms with Crippen LogP contribution in [0.15, 0.2) is 30.3 Å². The van der Waals surface area contributed by atoms with Gasteiger partial charge in [0.15, 0.2) is 0 Å². The van der Waals surface area contributed by atoms with Gasteiger partial charge in [0.1, 0.15) is 0 Å². The number of hydrogen-bond donors (Lipinski definition) is 1. The van der Waals surface area contributed by atoms with Crippen molar-refractivity contribution in [3.8, 4) is 0 Å². The van der Waals surface area contributed by atoms with Gasteiger partial charge in [-0.05, 0) is 11.5 Å². The molecule has 1 aromatic rings. The molecule has 1 N–H and O–H groups in total. The Balaban J connectivity index is 0.00000169. The van der Waals surface area contributed by atoms with Gasteiger partial charge < -0.3 is 5.11 Å². The average Bonchev–Trinajstić information content (AvgIpc) is 2.04. The van der Waals surface area contributed by atoms with Gasteiger partial charge in [-0.3, -0.25) is 4.79 Å². The van der Waals surface area contributed by atoms with E-state index in [9.17, 15) is 4.79 Å². The van der Waals surface area contributed by atoms with Crippen molar-refractivity contribution in [1.82, 2.24) is 0 Å². The van der Waals surface area contributed by atoms with Crippen LogP contribution in [0.5, 0.6) is 0 Å². The third-order valence-electron chi connectivity index (χ3n) is 2.09. The molecule has 0 aliphatic heterocycles. The first-order valence-corrected chi connectivity index (χ1v) is 4.40. The summed E-state index contributed by atoms with van der Waals surface area (Å²) in [5.41, 5.74) is 0.880. The van der Waals surface area contributed by atoms with Crippen LogP contribution in [0.2, 0.25) is 0 Å². The number of carboxylic acids is 1. The second-order valence-electron chi connectivity index (χ2n) is 3.47. The molecular formula is C11H14NaO2+. The molecule has 0 spiro atoms. The molecule has 1 atom stereocenters. The zero-order valence-electron chi connectivity index (χ0n) is 8.90. The van der Waals surface area contributed by atoms with Crippen molar-refractivity contribution >= 4 is 5.97 Å². The summed E-state index contributed by atoms with van der Waals surface area (Å²) < 4.78 is 0. The van der Waals surface area contributed by atoms with Crippen LogP contribution < -0.4 is 29.6 Å². The molecule has 1 unspecified atom stereocenters. The van der Waals surface area contributed by atoms with E-state index >= 15 is 0 Å². The summed E-state index contributed by atoms with van der Waals surface area (Å²) in [6, 6.07) is 9.35. The van der Waals surface area contributed by atoms with Gasteiger partial charge in [-0.2, -0.15) is 0 Å². The van der Waals surface area contributed by atoms with Crippen LogP contribution in [0.1, 0.15) is 25.3 Å². The minimum atomic E-state index is -0.749. The topological polar surface area (TPSA) is 37.3 Å². The molecule has 0 amide bonds. The maximum Gasteiger partial charge on any atom is 1.00 e. The third-order valence-corrected chi connectivity index (χ3v) is 2.09. The van der Waals surface area contributed by atoms with Gasteiger partial charge in [-0.1, -0.05) is 44.2 Å². The SMILES string of the molecule is CC(C)C(C(=O)O)c1ccccc1.[Na+]. The fourth-order valence-corrected chi connectivity index (χ4v) is 1.47. The molecule has 0 saturated carbocycles. The Kier molecular flexibility index (Phi) is 6.09. The molecule has 0 saturated heterocycles. The molecule has 2 nitrogen and oxygen atoms in total. The number of benzene rings is 1. The van der Waals surface area contributed by atoms with Crippen molar-refractivity contribution in [2.45, 2.75) is 19.8 Å². The predicted octanol–water partition coefficient (Wildman–Crippen LogP) is -0.485. The summed E-state index contributed by atoms with van der Waals surface area (Å²) >= 11 is 0. The van der Waals surface area contributed by atoms with Crippen LogP contribution in [0.4, 0.5) is 0 Å². The Morgan fingerprint density at radius 2 is 1.71 bits per heavy atom. The monoisotopic (exact) mass is 201 g/mol. The van der Waals surface area contributed by atoms with Crippen LogP contribution in [0, 0.1) is 5.92 Å². The van der Waals surface area contributed by atoms with E-state index in [-0.39, 0.29) is 41.4 Å². The number of carbonyl (C=O) groups is 1. The average molecular weight is 201 g/mol. The van der Waals surface area contributed by atoms with E-state index < -0.39 is 5.97 Å². The summed E-state index contributed by atoms with van der Waals surface area (Å²) in [4.78, 5) is 10.9. The number of aliphatic carboxylic acids is 1. The molecular weight excluding hydrogens is 187 g/mol. The summed E-state index contributed by atoms with van der Waals surface area (Å²) in [6.07, 6.45) is 0. The Bertz CT molecular complexity index is 283. The summed E-state index contributed by atoms with van der Waals surface area (Å²) in [6.45, 7) is 3.84. The second kappa shape index (κ2) is 6.23. The smallest absolute Gasteiger partial charge is 0.481 e. The van der Waals surface area contributed by atoms with Crippen LogP contribution in [0.25, 0.3) is 0 Å². The first kappa shape index (κ1) is 13.7. The van der Waals surface area contributed by atoms with Gasteiger partial charge >= 0.3 is 35.5 Å². The van der Waals surface area contributed by atoms with Gasteiger partial charge in [0.05, 0.1) is 5.92 Å². The quantitative estimate of drug-likeness (QED) is 0.670. The molecule has 1 aromatic carbocycles. The largest absolute Gasteiger partial charge is 1.00 e. The minimum absolute atomic E-state index is 0. The van der Waals surface area contributed by atoms with Crippen LogP contribution in [0.3, 0.4) is 0 Å². The Morgan fingerprint density at radius 3 is 2.07 bits per heavy atom. The van der Waals surface area contributed by atoms with Crippen molar-refractivity contribution in [2.75, 3.05) is 0 Å². The predicted molar refractivity (Wildman–Crippen MR) is 51.7 cm³/mol. The summed E-state index contributed by atoms with van der Waals surface area (Å²) in [7, 11) is 0. The molecule has 0 radical (unpaired) electrons. The zero-order chi connectivity index (χ0) is 9.84. The number of carboxylic acid groups (broad SMARTS) is 1. The molecule has 3 heteroatoms. The molecule has 70 valence electrons. The molecule has 0 heterocycles. The number of rotatable bonds is 3. The molecule has 0 aromatic heterocycles. The third kappa shape index (κ3) is 3.45. The van der Waals surface area contributed by atoms with Gasteiger partial charge in [0, 0.05) is 0 Å². The normalized spacial score (nSPS) is 11.9. The number of hydrogen-bond acceptors (Lipinski definition) is 1. The molecule has 14 heavy (non-hydrogen) atoms. The van der Waals surface area contributed by atoms with E-state index in [1.807, 2.05) is 44.2 Å². The van der Waals surface area contributed by atoms with Crippen molar-refractivity contribution in [2.24, 2.45) is 5.92 Å². The zero-order valence-corrected chi connectivity index (χ0v) is 10.9. The van der Waals surface area contributed by atoms with E-state index in [0.29, 0.717) is 0 Å². The van der Waals surface area contributed by atoms with Crippen molar-refractivity contribution in [3.05, 3.63) is 35.9 Å². The molecule has 1 rings (SSSR count). The maximum absolute atomic E-state index is 10.9. The Morgan fingerprint density at radius 1 is 1.21 bits per heavy atom. The fourth-order valence-electron chi connectivity index (χ4n) is 1.47. The van der Waals surface area contributed by atoms with Crippen LogP contribution in [-0.2, 0) is 4.79 Å². The molecule has 0 fully saturated rings. The fraction of sp³-hybridized carbons (Fsp3) is 0.364. The van der Waals surface area contributed by atoms with E-state index in [4.69, 9.17) is 5.11 Å².